The van der Waals surface area contributed by atoms with Crippen LogP contribution in [0.4, 0.5) is 17.3 Å². The quantitative estimate of drug-likeness (QED) is 0.392. The molecule has 18 heavy (non-hydrogen) atoms. The Hall–Kier alpha value is -2.71. The van der Waals surface area contributed by atoms with Crippen LogP contribution in [0.2, 0.25) is 0 Å². The normalized spacial score (nSPS) is 15.4. The number of imide groups is 1. The van der Waals surface area contributed by atoms with Gasteiger partial charge < -0.3 is 10.6 Å². The number of hydrogen-bond donors (Lipinski definition) is 2. The molecule has 0 aromatic carbocycles. The van der Waals surface area contributed by atoms with E-state index >= 15 is 0 Å². The van der Waals surface area contributed by atoms with Crippen molar-refractivity contribution >= 4 is 29.1 Å². The molecular formula is C9H9N5O4. The minimum absolute atomic E-state index is 0.0439. The molecular weight excluding hydrogens is 242 g/mol. The van der Waals surface area contributed by atoms with Crippen LogP contribution in [0.15, 0.2) is 12.1 Å². The molecule has 0 bridgehead atoms. The Bertz CT molecular complexity index is 528. The smallest absolute Gasteiger partial charge is 0.276 e. The second-order valence-electron chi connectivity index (χ2n) is 3.69. The Morgan fingerprint density at radius 2 is 1.94 bits per heavy atom. The number of anilines is 2. The van der Waals surface area contributed by atoms with E-state index in [9.17, 15) is 19.7 Å². The first-order valence-corrected chi connectivity index (χ1v) is 4.95. The van der Waals surface area contributed by atoms with E-state index in [0.717, 1.165) is 6.07 Å². The van der Waals surface area contributed by atoms with Crippen molar-refractivity contribution < 1.29 is 14.5 Å². The molecule has 1 aliphatic heterocycles. The summed E-state index contributed by atoms with van der Waals surface area (Å²) in [5, 5.41) is 12.8. The fourth-order valence-electron chi connectivity index (χ4n) is 1.59. The topological polar surface area (TPSA) is 131 Å². The van der Waals surface area contributed by atoms with Gasteiger partial charge in [-0.2, -0.15) is 0 Å². The average Bonchev–Trinajstić information content (AvgIpc) is 2.26. The summed E-state index contributed by atoms with van der Waals surface area (Å²) in [5.74, 6) is -0.890. The lowest BCUT2D eigenvalue weighted by Gasteiger charge is -2.26. The number of carbonyl (C=O) groups is 2. The molecule has 1 fully saturated rings. The van der Waals surface area contributed by atoms with E-state index in [1.165, 1.54) is 11.0 Å². The Labute approximate surface area is 101 Å². The Balaban J connectivity index is 2.35. The fourth-order valence-corrected chi connectivity index (χ4v) is 1.59. The monoisotopic (exact) mass is 251 g/mol. The second kappa shape index (κ2) is 4.28. The molecule has 0 spiro atoms. The Morgan fingerprint density at radius 1 is 1.33 bits per heavy atom. The zero-order chi connectivity index (χ0) is 13.3. The van der Waals surface area contributed by atoms with Gasteiger partial charge in [-0.3, -0.25) is 25.0 Å². The van der Waals surface area contributed by atoms with Crippen LogP contribution in [0.25, 0.3) is 0 Å². The molecule has 94 valence electrons. The first-order valence-electron chi connectivity index (χ1n) is 4.95. The van der Waals surface area contributed by atoms with Crippen LogP contribution in [0.1, 0.15) is 0 Å². The van der Waals surface area contributed by atoms with Crippen molar-refractivity contribution in [2.75, 3.05) is 23.7 Å². The molecule has 1 aromatic rings. The van der Waals surface area contributed by atoms with Gasteiger partial charge in [-0.05, 0) is 0 Å². The van der Waals surface area contributed by atoms with E-state index in [0.29, 0.717) is 0 Å². The zero-order valence-corrected chi connectivity index (χ0v) is 9.12. The number of carbonyl (C=O) groups excluding carboxylic acids is 2. The molecule has 9 heteroatoms. The van der Waals surface area contributed by atoms with Gasteiger partial charge in [0.25, 0.3) is 5.69 Å². The van der Waals surface area contributed by atoms with E-state index in [1.54, 1.807) is 0 Å². The number of nitrogens with zero attached hydrogens (tertiary/aromatic N) is 3. The Kier molecular flexibility index (Phi) is 2.80. The molecule has 1 saturated heterocycles. The van der Waals surface area contributed by atoms with Crippen molar-refractivity contribution in [3.05, 3.63) is 22.2 Å². The van der Waals surface area contributed by atoms with Crippen LogP contribution in [0, 0.1) is 10.1 Å². The molecule has 3 N–H and O–H groups in total. The lowest BCUT2D eigenvalue weighted by atomic mass is 10.3. The molecule has 2 rings (SSSR count). The van der Waals surface area contributed by atoms with E-state index in [4.69, 9.17) is 5.73 Å². The molecule has 1 aliphatic rings. The van der Waals surface area contributed by atoms with Gasteiger partial charge in [-0.25, -0.2) is 4.98 Å². The Morgan fingerprint density at radius 3 is 2.50 bits per heavy atom. The summed E-state index contributed by atoms with van der Waals surface area (Å²) >= 11 is 0. The molecule has 1 aromatic heterocycles. The number of nitro groups is 1. The highest BCUT2D eigenvalue weighted by molar-refractivity contribution is 6.02. The third-order valence-corrected chi connectivity index (χ3v) is 2.30. The number of nitrogens with two attached hydrogens (primary N) is 1. The van der Waals surface area contributed by atoms with Gasteiger partial charge in [0.15, 0.2) is 0 Å². The van der Waals surface area contributed by atoms with Gasteiger partial charge in [0.2, 0.25) is 11.8 Å². The molecule has 2 heterocycles. The minimum atomic E-state index is -0.618. The molecule has 0 aliphatic carbocycles. The van der Waals surface area contributed by atoms with Gasteiger partial charge in [-0.1, -0.05) is 0 Å². The van der Waals surface area contributed by atoms with Crippen molar-refractivity contribution in [2.24, 2.45) is 0 Å². The van der Waals surface area contributed by atoms with Crippen LogP contribution in [-0.2, 0) is 9.59 Å². The summed E-state index contributed by atoms with van der Waals surface area (Å²) in [5.41, 5.74) is 5.21. The summed E-state index contributed by atoms with van der Waals surface area (Å²) in [6, 6.07) is 2.28. The van der Waals surface area contributed by atoms with Crippen molar-refractivity contribution in [3.8, 4) is 0 Å². The number of amides is 2. The standard InChI is InChI=1S/C9H9N5O4/c10-6-1-5(14(17)18)2-7(11-6)13-3-8(15)12-9(16)4-13/h1-2H,3-4H2,(H2,10,11)(H,12,15,16). The number of pyridine rings is 1. The van der Waals surface area contributed by atoms with E-state index in [1.807, 2.05) is 0 Å². The summed E-state index contributed by atoms with van der Waals surface area (Å²) in [7, 11) is 0. The predicted molar refractivity (Wildman–Crippen MR) is 60.7 cm³/mol. The molecule has 9 nitrogen and oxygen atoms in total. The summed E-state index contributed by atoms with van der Waals surface area (Å²) in [6.07, 6.45) is 0. The zero-order valence-electron chi connectivity index (χ0n) is 9.12. The molecule has 2 amide bonds. The number of hydrogen-bond acceptors (Lipinski definition) is 7. The first kappa shape index (κ1) is 11.8. The number of nitrogen functional groups attached to an aromatic ring is 1. The lowest BCUT2D eigenvalue weighted by molar-refractivity contribution is -0.384. The van der Waals surface area contributed by atoms with Gasteiger partial charge >= 0.3 is 0 Å². The van der Waals surface area contributed by atoms with Crippen molar-refractivity contribution in [2.45, 2.75) is 0 Å². The summed E-state index contributed by atoms with van der Waals surface area (Å²) in [4.78, 5) is 37.6. The maximum atomic E-state index is 11.2. The van der Waals surface area contributed by atoms with Crippen LogP contribution in [-0.4, -0.2) is 34.8 Å². The molecule has 0 unspecified atom stereocenters. The number of rotatable bonds is 2. The molecule has 0 radical (unpaired) electrons. The largest absolute Gasteiger partial charge is 0.383 e. The third kappa shape index (κ3) is 2.34. The van der Waals surface area contributed by atoms with Crippen LogP contribution in [0.3, 0.4) is 0 Å². The van der Waals surface area contributed by atoms with Gasteiger partial charge in [0, 0.05) is 0 Å². The fraction of sp³-hybridized carbons (Fsp3) is 0.222. The van der Waals surface area contributed by atoms with E-state index in [-0.39, 0.29) is 30.4 Å². The van der Waals surface area contributed by atoms with Crippen LogP contribution >= 0.6 is 0 Å². The highest BCUT2D eigenvalue weighted by Crippen LogP contribution is 2.22. The third-order valence-electron chi connectivity index (χ3n) is 2.30. The first-order chi connectivity index (χ1) is 8.45. The van der Waals surface area contributed by atoms with E-state index < -0.39 is 16.7 Å². The van der Waals surface area contributed by atoms with Crippen LogP contribution < -0.4 is 16.0 Å². The number of piperazine rings is 1. The second-order valence-corrected chi connectivity index (χ2v) is 3.69. The summed E-state index contributed by atoms with van der Waals surface area (Å²) in [6.45, 7) is -0.196. The number of aromatic nitrogens is 1. The van der Waals surface area contributed by atoms with Crippen molar-refractivity contribution in [1.82, 2.24) is 10.3 Å². The average molecular weight is 251 g/mol. The predicted octanol–water partition coefficient (Wildman–Crippen LogP) is -0.965. The van der Waals surface area contributed by atoms with Crippen molar-refractivity contribution in [3.63, 3.8) is 0 Å². The van der Waals surface area contributed by atoms with Gasteiger partial charge in [-0.15, -0.1) is 0 Å². The lowest BCUT2D eigenvalue weighted by Crippen LogP contribution is -2.51. The highest BCUT2D eigenvalue weighted by Gasteiger charge is 2.25. The minimum Gasteiger partial charge on any atom is -0.383 e. The maximum Gasteiger partial charge on any atom is 0.276 e. The maximum absolute atomic E-state index is 11.2. The SMILES string of the molecule is Nc1cc([N+](=O)[O-])cc(N2CC(=O)NC(=O)C2)n1. The van der Waals surface area contributed by atoms with Crippen LogP contribution in [0.5, 0.6) is 0 Å². The van der Waals surface area contributed by atoms with Crippen molar-refractivity contribution in [1.29, 1.82) is 0 Å². The molecule has 0 saturated carbocycles. The van der Waals surface area contributed by atoms with Gasteiger partial charge in [0.1, 0.15) is 11.6 Å². The summed E-state index contributed by atoms with van der Waals surface area (Å²) < 4.78 is 0. The van der Waals surface area contributed by atoms with E-state index in [2.05, 4.69) is 10.3 Å². The highest BCUT2D eigenvalue weighted by atomic mass is 16.6. The van der Waals surface area contributed by atoms with Gasteiger partial charge in [0.05, 0.1) is 30.1 Å². The number of nitrogens with one attached hydrogen (secondary N) is 1. The molecule has 0 atom stereocenters.